The van der Waals surface area contributed by atoms with E-state index in [1.165, 1.54) is 0 Å². The molecule has 4 amide bonds. The molecule has 2 atom stereocenters. The third-order valence-corrected chi connectivity index (χ3v) is 5.77. The summed E-state index contributed by atoms with van der Waals surface area (Å²) in [7, 11) is -2.32. The van der Waals surface area contributed by atoms with Crippen molar-refractivity contribution < 1.29 is 33.9 Å². The highest BCUT2D eigenvalue weighted by Gasteiger charge is 2.34. The number of carbonyl (C=O) groups excluding carboxylic acids is 4. The van der Waals surface area contributed by atoms with E-state index in [1.54, 1.807) is 36.4 Å². The molecule has 190 valence electrons. The van der Waals surface area contributed by atoms with Crippen molar-refractivity contribution in [2.75, 3.05) is 6.54 Å². The van der Waals surface area contributed by atoms with E-state index in [1.807, 2.05) is 32.0 Å². The molecule has 1 heterocycles. The van der Waals surface area contributed by atoms with Gasteiger partial charge in [-0.2, -0.15) is 0 Å². The fourth-order valence-electron chi connectivity index (χ4n) is 4.05. The van der Waals surface area contributed by atoms with Gasteiger partial charge in [0.15, 0.2) is 0 Å². The molecule has 0 aromatic heterocycles. The number of urea groups is 1. The van der Waals surface area contributed by atoms with Crippen LogP contribution in [0.1, 0.15) is 41.8 Å². The molecule has 0 fully saturated rings. The van der Waals surface area contributed by atoms with E-state index in [0.717, 1.165) is 16.0 Å². The Balaban J connectivity index is 1.79. The van der Waals surface area contributed by atoms with Crippen LogP contribution >= 0.6 is 0 Å². The summed E-state index contributed by atoms with van der Waals surface area (Å²) in [5.41, 5.74) is 2.04. The molecule has 4 N–H and O–H groups in total. The molecular formula is C25H30BN3O7. The predicted octanol–water partition coefficient (Wildman–Crippen LogP) is 1.05. The van der Waals surface area contributed by atoms with Gasteiger partial charge in [-0.3, -0.25) is 19.3 Å². The lowest BCUT2D eigenvalue weighted by Gasteiger charge is -2.29. The minimum absolute atomic E-state index is 0.0353. The first-order valence-corrected chi connectivity index (χ1v) is 11.8. The lowest BCUT2D eigenvalue weighted by atomic mass is 9.99. The maximum atomic E-state index is 13.3. The van der Waals surface area contributed by atoms with Gasteiger partial charge in [-0.25, -0.2) is 4.79 Å². The zero-order valence-electron chi connectivity index (χ0n) is 20.2. The summed E-state index contributed by atoms with van der Waals surface area (Å²) in [6.45, 7) is 3.81. The smallest absolute Gasteiger partial charge is 0.484 e. The standard InChI is InChI=1S/C25H30BN3O7/c1-16(2)14-21(24(32)36-26(34)35)27-22(30)20(15-17-8-4-3-5-9-17)28-25(33)29-13-12-18-10-6-7-11-19(18)23(29)31/h3-11,16,20-21,34-35H,12-15H2,1-2H3,(H,27,30)(H,28,33)/t20-,21-/m0/s1. The molecule has 36 heavy (non-hydrogen) atoms. The Bertz CT molecular complexity index is 1090. The SMILES string of the molecule is CC(C)C[C@H](NC(=O)[C@H](Cc1ccccc1)NC(=O)N1CCc2ccccc2C1=O)C(=O)OB(O)O. The first-order chi connectivity index (χ1) is 17.2. The van der Waals surface area contributed by atoms with Crippen molar-refractivity contribution >= 4 is 31.1 Å². The Morgan fingerprint density at radius 2 is 1.67 bits per heavy atom. The monoisotopic (exact) mass is 495 g/mol. The fourth-order valence-corrected chi connectivity index (χ4v) is 4.05. The molecule has 10 nitrogen and oxygen atoms in total. The van der Waals surface area contributed by atoms with Crippen LogP contribution in [-0.2, 0) is 27.1 Å². The summed E-state index contributed by atoms with van der Waals surface area (Å²) >= 11 is 0. The van der Waals surface area contributed by atoms with Gasteiger partial charge < -0.3 is 25.3 Å². The average molecular weight is 495 g/mol. The normalized spacial score (nSPS) is 14.5. The number of hydrogen-bond acceptors (Lipinski definition) is 7. The minimum atomic E-state index is -2.32. The van der Waals surface area contributed by atoms with E-state index >= 15 is 0 Å². The van der Waals surface area contributed by atoms with Crippen molar-refractivity contribution in [1.82, 2.24) is 15.5 Å². The molecule has 0 bridgehead atoms. The van der Waals surface area contributed by atoms with Gasteiger partial charge in [0.25, 0.3) is 5.91 Å². The minimum Gasteiger partial charge on any atom is -0.484 e. The van der Waals surface area contributed by atoms with Crippen molar-refractivity contribution in [2.24, 2.45) is 5.92 Å². The zero-order chi connectivity index (χ0) is 26.2. The fraction of sp³-hybridized carbons (Fsp3) is 0.360. The second-order valence-electron chi connectivity index (χ2n) is 9.01. The van der Waals surface area contributed by atoms with Crippen LogP contribution in [0.15, 0.2) is 54.6 Å². The predicted molar refractivity (Wildman–Crippen MR) is 131 cm³/mol. The largest absolute Gasteiger partial charge is 0.709 e. The number of nitrogens with one attached hydrogen (secondary N) is 2. The summed E-state index contributed by atoms with van der Waals surface area (Å²) in [4.78, 5) is 52.7. The Morgan fingerprint density at radius 1 is 1.00 bits per heavy atom. The highest BCUT2D eigenvalue weighted by Crippen LogP contribution is 2.19. The van der Waals surface area contributed by atoms with E-state index in [-0.39, 0.29) is 25.3 Å². The zero-order valence-corrected chi connectivity index (χ0v) is 20.2. The van der Waals surface area contributed by atoms with Crippen LogP contribution in [-0.4, -0.2) is 64.7 Å². The number of carbonyl (C=O) groups is 4. The van der Waals surface area contributed by atoms with Gasteiger partial charge >= 0.3 is 19.3 Å². The first kappa shape index (κ1) is 26.9. The van der Waals surface area contributed by atoms with E-state index in [0.29, 0.717) is 12.0 Å². The highest BCUT2D eigenvalue weighted by atomic mass is 16.6. The van der Waals surface area contributed by atoms with Gasteiger partial charge in [-0.15, -0.1) is 0 Å². The van der Waals surface area contributed by atoms with Crippen LogP contribution < -0.4 is 10.6 Å². The third kappa shape index (κ3) is 7.16. The summed E-state index contributed by atoms with van der Waals surface area (Å²) in [6.07, 6.45) is 0.768. The van der Waals surface area contributed by atoms with Crippen molar-refractivity contribution in [1.29, 1.82) is 0 Å². The second kappa shape index (κ2) is 12.3. The number of nitrogens with zero attached hydrogens (tertiary/aromatic N) is 1. The summed E-state index contributed by atoms with van der Waals surface area (Å²) < 4.78 is 4.45. The summed E-state index contributed by atoms with van der Waals surface area (Å²) in [5.74, 6) is -2.18. The van der Waals surface area contributed by atoms with Gasteiger partial charge in [0, 0.05) is 18.5 Å². The van der Waals surface area contributed by atoms with Crippen molar-refractivity contribution in [2.45, 2.75) is 45.2 Å². The molecule has 0 radical (unpaired) electrons. The first-order valence-electron chi connectivity index (χ1n) is 11.8. The topological polar surface area (TPSA) is 145 Å². The molecule has 0 spiro atoms. The number of fused-ring (bicyclic) bond motifs is 1. The summed E-state index contributed by atoms with van der Waals surface area (Å²) in [5, 5.41) is 23.2. The number of rotatable bonds is 9. The van der Waals surface area contributed by atoms with Crippen LogP contribution in [0, 0.1) is 5.92 Å². The van der Waals surface area contributed by atoms with E-state index in [2.05, 4.69) is 15.3 Å². The second-order valence-corrected chi connectivity index (χ2v) is 9.01. The van der Waals surface area contributed by atoms with E-state index in [9.17, 15) is 19.2 Å². The number of benzene rings is 2. The molecule has 0 unspecified atom stereocenters. The Hall–Kier alpha value is -3.70. The van der Waals surface area contributed by atoms with Crippen LogP contribution in [0.2, 0.25) is 0 Å². The average Bonchev–Trinajstić information content (AvgIpc) is 2.83. The van der Waals surface area contributed by atoms with Crippen LogP contribution in [0.3, 0.4) is 0 Å². The Labute approximate surface area is 209 Å². The molecule has 2 aromatic rings. The van der Waals surface area contributed by atoms with Gasteiger partial charge in [0.2, 0.25) is 5.91 Å². The maximum Gasteiger partial charge on any atom is 0.709 e. The Morgan fingerprint density at radius 3 is 2.33 bits per heavy atom. The Kier molecular flexibility index (Phi) is 9.21. The highest BCUT2D eigenvalue weighted by molar-refractivity contribution is 6.36. The van der Waals surface area contributed by atoms with Crippen LogP contribution in [0.4, 0.5) is 4.79 Å². The quantitative estimate of drug-likeness (QED) is 0.381. The molecule has 3 rings (SSSR count). The molecule has 0 aliphatic carbocycles. The van der Waals surface area contributed by atoms with Crippen molar-refractivity contribution in [3.63, 3.8) is 0 Å². The van der Waals surface area contributed by atoms with Crippen molar-refractivity contribution in [3.8, 4) is 0 Å². The third-order valence-electron chi connectivity index (χ3n) is 5.77. The molecule has 1 aliphatic heterocycles. The summed E-state index contributed by atoms with van der Waals surface area (Å²) in [6, 6.07) is 13.0. The molecule has 1 aliphatic rings. The van der Waals surface area contributed by atoms with Gasteiger partial charge in [-0.1, -0.05) is 62.4 Å². The molecule has 0 saturated heterocycles. The number of imide groups is 1. The number of amides is 4. The van der Waals surface area contributed by atoms with E-state index < -0.39 is 43.2 Å². The molecule has 2 aromatic carbocycles. The van der Waals surface area contributed by atoms with Gasteiger partial charge in [0.05, 0.1) is 0 Å². The lowest BCUT2D eigenvalue weighted by Crippen LogP contribution is -2.57. The molecule has 0 saturated carbocycles. The van der Waals surface area contributed by atoms with Gasteiger partial charge in [-0.05, 0) is 36.0 Å². The molecular weight excluding hydrogens is 465 g/mol. The van der Waals surface area contributed by atoms with Crippen molar-refractivity contribution in [3.05, 3.63) is 71.3 Å². The lowest BCUT2D eigenvalue weighted by molar-refractivity contribution is -0.142. The number of hydrogen-bond donors (Lipinski definition) is 4. The maximum absolute atomic E-state index is 13.3. The molecule has 11 heteroatoms. The van der Waals surface area contributed by atoms with E-state index in [4.69, 9.17) is 10.0 Å². The van der Waals surface area contributed by atoms with Crippen LogP contribution in [0.25, 0.3) is 0 Å². The van der Waals surface area contributed by atoms with Gasteiger partial charge in [0.1, 0.15) is 12.1 Å². The van der Waals surface area contributed by atoms with Crippen LogP contribution in [0.5, 0.6) is 0 Å².